The Labute approximate surface area is 68.4 Å². The summed E-state index contributed by atoms with van der Waals surface area (Å²) in [5.41, 5.74) is 0. The number of rotatable bonds is 4. The number of hydrogen-bond acceptors (Lipinski definition) is 2. The van der Waals surface area contributed by atoms with Crippen molar-refractivity contribution in [3.05, 3.63) is 0 Å². The second-order valence-electron chi connectivity index (χ2n) is 2.71. The summed E-state index contributed by atoms with van der Waals surface area (Å²) in [6, 6.07) is 0. The Morgan fingerprint density at radius 1 is 1.50 bits per heavy atom. The molecule has 0 aliphatic heterocycles. The number of aliphatic hydroxyl groups excluding tert-OH is 1. The molecule has 0 aromatic heterocycles. The van der Waals surface area contributed by atoms with E-state index in [1.54, 1.807) is 0 Å². The molecule has 0 aromatic carbocycles. The van der Waals surface area contributed by atoms with Gasteiger partial charge in [0, 0.05) is 12.8 Å². The predicted octanol–water partition coefficient (Wildman–Crippen LogP) is 1.67. The van der Waals surface area contributed by atoms with Gasteiger partial charge in [0.2, 0.25) is 0 Å². The summed E-state index contributed by atoms with van der Waals surface area (Å²) in [5.74, 6) is -0.553. The van der Waals surface area contributed by atoms with E-state index in [2.05, 4.69) is 0 Å². The first-order valence-electron chi connectivity index (χ1n) is 3.58. The molecule has 5 heteroatoms. The Morgan fingerprint density at radius 2 is 2.00 bits per heavy atom. The third kappa shape index (κ3) is 7.53. The van der Waals surface area contributed by atoms with Gasteiger partial charge in [0.15, 0.2) is 0 Å². The highest BCUT2D eigenvalue weighted by Gasteiger charge is 2.27. The summed E-state index contributed by atoms with van der Waals surface area (Å²) in [6.07, 6.45) is -6.97. The van der Waals surface area contributed by atoms with Crippen LogP contribution < -0.4 is 0 Å². The van der Waals surface area contributed by atoms with Crippen molar-refractivity contribution in [3.63, 3.8) is 0 Å². The molecule has 0 amide bonds. The molecule has 0 radical (unpaired) electrons. The van der Waals surface area contributed by atoms with Crippen LogP contribution in [0.5, 0.6) is 0 Å². The van der Waals surface area contributed by atoms with E-state index >= 15 is 0 Å². The van der Waals surface area contributed by atoms with Crippen LogP contribution in [0.4, 0.5) is 13.2 Å². The van der Waals surface area contributed by atoms with E-state index < -0.39 is 30.9 Å². The molecule has 0 aliphatic rings. The first kappa shape index (κ1) is 11.4. The van der Waals surface area contributed by atoms with Crippen molar-refractivity contribution in [3.8, 4) is 0 Å². The third-order valence-corrected chi connectivity index (χ3v) is 1.21. The Kier molecular flexibility index (Phi) is 4.23. The van der Waals surface area contributed by atoms with E-state index in [1.165, 1.54) is 6.92 Å². The van der Waals surface area contributed by atoms with Crippen LogP contribution in [0, 0.1) is 0 Å². The van der Waals surface area contributed by atoms with Crippen molar-refractivity contribution in [1.82, 2.24) is 0 Å². The molecule has 2 nitrogen and oxygen atoms in total. The quantitative estimate of drug-likeness (QED) is 0.721. The molecule has 12 heavy (non-hydrogen) atoms. The molecular weight excluding hydrogens is 173 g/mol. The fourth-order valence-corrected chi connectivity index (χ4v) is 0.713. The van der Waals surface area contributed by atoms with Gasteiger partial charge in [-0.15, -0.1) is 0 Å². The van der Waals surface area contributed by atoms with Crippen LogP contribution in [0.25, 0.3) is 0 Å². The van der Waals surface area contributed by atoms with E-state index in [4.69, 9.17) is 5.11 Å². The van der Waals surface area contributed by atoms with Gasteiger partial charge in [0.05, 0.1) is 12.5 Å². The van der Waals surface area contributed by atoms with Crippen molar-refractivity contribution in [2.75, 3.05) is 0 Å². The maximum Gasteiger partial charge on any atom is 0.389 e. The lowest BCUT2D eigenvalue weighted by molar-refractivity contribution is -0.143. The number of halogens is 3. The summed E-state index contributed by atoms with van der Waals surface area (Å²) in [7, 11) is 0. The molecule has 0 heterocycles. The monoisotopic (exact) mass is 184 g/mol. The molecule has 0 fully saturated rings. The first-order valence-corrected chi connectivity index (χ1v) is 3.58. The first-order chi connectivity index (χ1) is 5.31. The summed E-state index contributed by atoms with van der Waals surface area (Å²) < 4.78 is 34.6. The molecule has 0 aliphatic carbocycles. The minimum atomic E-state index is -4.28. The summed E-state index contributed by atoms with van der Waals surface area (Å²) >= 11 is 0. The van der Waals surface area contributed by atoms with Crippen molar-refractivity contribution in [2.45, 2.75) is 38.5 Å². The average molecular weight is 184 g/mol. The zero-order chi connectivity index (χ0) is 9.78. The van der Waals surface area contributed by atoms with E-state index in [-0.39, 0.29) is 6.42 Å². The van der Waals surface area contributed by atoms with Crippen LogP contribution >= 0.6 is 0 Å². The van der Waals surface area contributed by atoms with Crippen molar-refractivity contribution >= 4 is 5.78 Å². The highest BCUT2D eigenvalue weighted by atomic mass is 19.4. The van der Waals surface area contributed by atoms with Crippen molar-refractivity contribution in [2.24, 2.45) is 0 Å². The van der Waals surface area contributed by atoms with Gasteiger partial charge in [-0.05, 0) is 6.92 Å². The Hall–Kier alpha value is -0.580. The van der Waals surface area contributed by atoms with Gasteiger partial charge >= 0.3 is 6.18 Å². The van der Waals surface area contributed by atoms with E-state index in [0.29, 0.717) is 0 Å². The molecule has 0 saturated heterocycles. The van der Waals surface area contributed by atoms with E-state index in [9.17, 15) is 18.0 Å². The van der Waals surface area contributed by atoms with Crippen molar-refractivity contribution in [1.29, 1.82) is 0 Å². The molecule has 0 bridgehead atoms. The molecule has 0 aromatic rings. The molecule has 1 unspecified atom stereocenters. The van der Waals surface area contributed by atoms with E-state index in [1.807, 2.05) is 0 Å². The van der Waals surface area contributed by atoms with Crippen LogP contribution in [-0.2, 0) is 4.79 Å². The lowest BCUT2D eigenvalue weighted by Gasteiger charge is -2.05. The minimum Gasteiger partial charge on any atom is -0.393 e. The maximum atomic E-state index is 11.5. The normalized spacial score (nSPS) is 14.4. The van der Waals surface area contributed by atoms with Gasteiger partial charge in [-0.1, -0.05) is 0 Å². The van der Waals surface area contributed by atoms with Gasteiger partial charge in [0.25, 0.3) is 0 Å². The molecule has 0 rings (SSSR count). The second kappa shape index (κ2) is 4.45. The largest absolute Gasteiger partial charge is 0.393 e. The Bertz CT molecular complexity index is 151. The van der Waals surface area contributed by atoms with Crippen molar-refractivity contribution < 1.29 is 23.1 Å². The number of Topliss-reactive ketones (excluding diaryl/α,β-unsaturated/α-hetero) is 1. The lowest BCUT2D eigenvalue weighted by atomic mass is 10.1. The number of hydrogen-bond donors (Lipinski definition) is 1. The average Bonchev–Trinajstić information content (AvgIpc) is 1.80. The van der Waals surface area contributed by atoms with Gasteiger partial charge in [-0.2, -0.15) is 13.2 Å². The zero-order valence-electron chi connectivity index (χ0n) is 6.69. The molecule has 1 atom stereocenters. The Morgan fingerprint density at radius 3 is 2.33 bits per heavy atom. The smallest absolute Gasteiger partial charge is 0.389 e. The zero-order valence-corrected chi connectivity index (χ0v) is 6.69. The molecule has 0 spiro atoms. The Balaban J connectivity index is 3.58. The number of carbonyl (C=O) groups is 1. The highest BCUT2D eigenvalue weighted by Crippen LogP contribution is 2.21. The fraction of sp³-hybridized carbons (Fsp3) is 0.857. The molecule has 1 N–H and O–H groups in total. The van der Waals surface area contributed by atoms with Crippen LogP contribution in [0.3, 0.4) is 0 Å². The topological polar surface area (TPSA) is 37.3 Å². The summed E-state index contributed by atoms with van der Waals surface area (Å²) in [4.78, 5) is 10.6. The SMILES string of the molecule is CC(O)CC(=O)CCC(F)(F)F. The molecule has 72 valence electrons. The number of ketones is 1. The fourth-order valence-electron chi connectivity index (χ4n) is 0.713. The molecule has 0 saturated carbocycles. The standard InChI is InChI=1S/C7H11F3O2/c1-5(11)4-6(12)2-3-7(8,9)10/h5,11H,2-4H2,1H3. The van der Waals surface area contributed by atoms with Gasteiger partial charge in [0.1, 0.15) is 5.78 Å². The predicted molar refractivity (Wildman–Crippen MR) is 36.6 cm³/mol. The van der Waals surface area contributed by atoms with E-state index in [0.717, 1.165) is 0 Å². The summed E-state index contributed by atoms with van der Waals surface area (Å²) in [6.45, 7) is 1.37. The third-order valence-electron chi connectivity index (χ3n) is 1.21. The highest BCUT2D eigenvalue weighted by molar-refractivity contribution is 5.78. The number of carbonyl (C=O) groups excluding carboxylic acids is 1. The maximum absolute atomic E-state index is 11.5. The summed E-state index contributed by atoms with van der Waals surface area (Å²) in [5, 5.41) is 8.65. The minimum absolute atomic E-state index is 0.198. The molecular formula is C7H11F3O2. The van der Waals surface area contributed by atoms with Crippen LogP contribution in [0.15, 0.2) is 0 Å². The van der Waals surface area contributed by atoms with Gasteiger partial charge < -0.3 is 5.11 Å². The lowest BCUT2D eigenvalue weighted by Crippen LogP contribution is -2.14. The van der Waals surface area contributed by atoms with Gasteiger partial charge in [-0.3, -0.25) is 4.79 Å². The van der Waals surface area contributed by atoms with Gasteiger partial charge in [-0.25, -0.2) is 0 Å². The second-order valence-corrected chi connectivity index (χ2v) is 2.71. The van der Waals surface area contributed by atoms with Crippen LogP contribution in [0.1, 0.15) is 26.2 Å². The van der Waals surface area contributed by atoms with Crippen LogP contribution in [0.2, 0.25) is 0 Å². The number of alkyl halides is 3. The number of aliphatic hydroxyl groups is 1. The van der Waals surface area contributed by atoms with Crippen LogP contribution in [-0.4, -0.2) is 23.2 Å².